The maximum Gasteiger partial charge on any atom is 0.224 e. The number of ether oxygens (including phenoxy) is 1. The quantitative estimate of drug-likeness (QED) is 0.852. The Bertz CT molecular complexity index is 677. The minimum absolute atomic E-state index is 0.0313. The van der Waals surface area contributed by atoms with E-state index in [0.29, 0.717) is 13.0 Å². The highest BCUT2D eigenvalue weighted by Gasteiger charge is 2.08. The van der Waals surface area contributed by atoms with Gasteiger partial charge in [-0.25, -0.2) is 0 Å². The van der Waals surface area contributed by atoms with Crippen LogP contribution in [0.15, 0.2) is 24.4 Å². The SMILES string of the molecule is CCOc1ccc(CCCC(=O)Nc2cnn(C)c2C)cc1C. The van der Waals surface area contributed by atoms with Crippen LogP contribution in [0.5, 0.6) is 5.75 Å². The molecule has 1 aromatic carbocycles. The first kappa shape index (κ1) is 17.1. The zero-order valence-electron chi connectivity index (χ0n) is 14.3. The summed E-state index contributed by atoms with van der Waals surface area (Å²) in [5, 5.41) is 7.03. The van der Waals surface area contributed by atoms with Crippen molar-refractivity contribution in [3.8, 4) is 5.75 Å². The number of hydrogen-bond acceptors (Lipinski definition) is 3. The van der Waals surface area contributed by atoms with Crippen LogP contribution < -0.4 is 10.1 Å². The Balaban J connectivity index is 1.81. The summed E-state index contributed by atoms with van der Waals surface area (Å²) in [6.45, 7) is 6.64. The van der Waals surface area contributed by atoms with E-state index in [1.807, 2.05) is 33.9 Å². The first-order chi connectivity index (χ1) is 11.0. The van der Waals surface area contributed by atoms with Gasteiger partial charge in [-0.15, -0.1) is 0 Å². The predicted octanol–water partition coefficient (Wildman–Crippen LogP) is 3.40. The molecule has 0 saturated carbocycles. The molecule has 0 fully saturated rings. The standard InChI is InChI=1S/C18H25N3O2/c1-5-23-17-10-9-15(11-13(17)2)7-6-8-18(22)20-16-12-19-21(4)14(16)3/h9-12H,5-8H2,1-4H3,(H,20,22). The highest BCUT2D eigenvalue weighted by atomic mass is 16.5. The topological polar surface area (TPSA) is 56.1 Å². The van der Waals surface area contributed by atoms with Crippen LogP contribution in [-0.4, -0.2) is 22.3 Å². The number of benzene rings is 1. The van der Waals surface area contributed by atoms with Gasteiger partial charge < -0.3 is 10.1 Å². The third-order valence-electron chi connectivity index (χ3n) is 3.92. The highest BCUT2D eigenvalue weighted by molar-refractivity contribution is 5.91. The van der Waals surface area contributed by atoms with Crippen molar-refractivity contribution in [2.24, 2.45) is 7.05 Å². The second-order valence-corrected chi connectivity index (χ2v) is 5.70. The molecule has 0 radical (unpaired) electrons. The number of amides is 1. The molecule has 23 heavy (non-hydrogen) atoms. The van der Waals surface area contributed by atoms with Crippen molar-refractivity contribution in [3.05, 3.63) is 41.2 Å². The van der Waals surface area contributed by atoms with Gasteiger partial charge in [0.25, 0.3) is 0 Å². The van der Waals surface area contributed by atoms with E-state index in [1.54, 1.807) is 10.9 Å². The van der Waals surface area contributed by atoms with Gasteiger partial charge >= 0.3 is 0 Å². The smallest absolute Gasteiger partial charge is 0.224 e. The fourth-order valence-corrected chi connectivity index (χ4v) is 2.47. The van der Waals surface area contributed by atoms with E-state index >= 15 is 0 Å². The van der Waals surface area contributed by atoms with Crippen molar-refractivity contribution in [2.75, 3.05) is 11.9 Å². The second kappa shape index (κ2) is 7.81. The summed E-state index contributed by atoms with van der Waals surface area (Å²) < 4.78 is 7.29. The average Bonchev–Trinajstić information content (AvgIpc) is 2.82. The Morgan fingerprint density at radius 1 is 1.35 bits per heavy atom. The lowest BCUT2D eigenvalue weighted by Gasteiger charge is -2.09. The number of carbonyl (C=O) groups excluding carboxylic acids is 1. The summed E-state index contributed by atoms with van der Waals surface area (Å²) in [7, 11) is 1.86. The Labute approximate surface area is 137 Å². The van der Waals surface area contributed by atoms with E-state index in [0.717, 1.165) is 35.5 Å². The normalized spacial score (nSPS) is 10.6. The van der Waals surface area contributed by atoms with Gasteiger partial charge in [-0.2, -0.15) is 5.10 Å². The molecular weight excluding hydrogens is 290 g/mol. The first-order valence-electron chi connectivity index (χ1n) is 8.02. The van der Waals surface area contributed by atoms with Crippen molar-refractivity contribution >= 4 is 11.6 Å². The maximum atomic E-state index is 12.0. The molecule has 0 aliphatic carbocycles. The lowest BCUT2D eigenvalue weighted by Crippen LogP contribution is -2.12. The number of rotatable bonds is 7. The van der Waals surface area contributed by atoms with Crippen LogP contribution >= 0.6 is 0 Å². The summed E-state index contributed by atoms with van der Waals surface area (Å²) in [6.07, 6.45) is 3.88. The third-order valence-corrected chi connectivity index (χ3v) is 3.92. The van der Waals surface area contributed by atoms with E-state index in [2.05, 4.69) is 22.5 Å². The Morgan fingerprint density at radius 2 is 2.13 bits per heavy atom. The number of hydrogen-bond donors (Lipinski definition) is 1. The number of nitrogens with one attached hydrogen (secondary N) is 1. The van der Waals surface area contributed by atoms with Crippen LogP contribution in [0.3, 0.4) is 0 Å². The Morgan fingerprint density at radius 3 is 2.74 bits per heavy atom. The van der Waals surface area contributed by atoms with Crippen LogP contribution in [0, 0.1) is 13.8 Å². The maximum absolute atomic E-state index is 12.0. The fraction of sp³-hybridized carbons (Fsp3) is 0.444. The zero-order valence-corrected chi connectivity index (χ0v) is 14.3. The average molecular weight is 315 g/mol. The Hall–Kier alpha value is -2.30. The highest BCUT2D eigenvalue weighted by Crippen LogP contribution is 2.20. The number of carbonyl (C=O) groups is 1. The van der Waals surface area contributed by atoms with Crippen molar-refractivity contribution in [2.45, 2.75) is 40.0 Å². The summed E-state index contributed by atoms with van der Waals surface area (Å²) in [5.74, 6) is 0.963. The molecule has 0 spiro atoms. The largest absolute Gasteiger partial charge is 0.494 e. The van der Waals surface area contributed by atoms with Gasteiger partial charge in [0.05, 0.1) is 24.2 Å². The van der Waals surface area contributed by atoms with E-state index in [9.17, 15) is 4.79 Å². The molecule has 2 aromatic rings. The summed E-state index contributed by atoms with van der Waals surface area (Å²) in [5.41, 5.74) is 4.12. The molecule has 0 unspecified atom stereocenters. The van der Waals surface area contributed by atoms with E-state index in [4.69, 9.17) is 4.74 Å². The summed E-state index contributed by atoms with van der Waals surface area (Å²) in [6, 6.07) is 6.21. The van der Waals surface area contributed by atoms with E-state index in [-0.39, 0.29) is 5.91 Å². The molecule has 0 aliphatic heterocycles. The van der Waals surface area contributed by atoms with Crippen LogP contribution in [0.1, 0.15) is 36.6 Å². The summed E-state index contributed by atoms with van der Waals surface area (Å²) in [4.78, 5) is 12.0. The first-order valence-corrected chi connectivity index (χ1v) is 8.02. The van der Waals surface area contributed by atoms with Gasteiger partial charge in [-0.3, -0.25) is 9.48 Å². The number of aromatic nitrogens is 2. The van der Waals surface area contributed by atoms with Crippen LogP contribution in [0.4, 0.5) is 5.69 Å². The van der Waals surface area contributed by atoms with Crippen LogP contribution in [0.2, 0.25) is 0 Å². The van der Waals surface area contributed by atoms with Gasteiger partial charge in [0.15, 0.2) is 0 Å². The van der Waals surface area contributed by atoms with Crippen molar-refractivity contribution in [1.29, 1.82) is 0 Å². The molecule has 1 aromatic heterocycles. The number of aryl methyl sites for hydroxylation is 3. The molecule has 2 rings (SSSR count). The van der Waals surface area contributed by atoms with Crippen molar-refractivity contribution < 1.29 is 9.53 Å². The minimum atomic E-state index is 0.0313. The zero-order chi connectivity index (χ0) is 16.8. The fourth-order valence-electron chi connectivity index (χ4n) is 2.47. The molecule has 1 heterocycles. The number of nitrogens with zero attached hydrogens (tertiary/aromatic N) is 2. The molecule has 0 saturated heterocycles. The van der Waals surface area contributed by atoms with E-state index in [1.165, 1.54) is 5.56 Å². The van der Waals surface area contributed by atoms with Gasteiger partial charge in [0.2, 0.25) is 5.91 Å². The second-order valence-electron chi connectivity index (χ2n) is 5.70. The lowest BCUT2D eigenvalue weighted by atomic mass is 10.0. The minimum Gasteiger partial charge on any atom is -0.494 e. The van der Waals surface area contributed by atoms with Gasteiger partial charge in [-0.05, 0) is 50.8 Å². The Kier molecular flexibility index (Phi) is 5.79. The third kappa shape index (κ3) is 4.58. The summed E-state index contributed by atoms with van der Waals surface area (Å²) >= 11 is 0. The predicted molar refractivity (Wildman–Crippen MR) is 91.9 cm³/mol. The van der Waals surface area contributed by atoms with Crippen molar-refractivity contribution in [1.82, 2.24) is 9.78 Å². The van der Waals surface area contributed by atoms with Crippen molar-refractivity contribution in [3.63, 3.8) is 0 Å². The van der Waals surface area contributed by atoms with Gasteiger partial charge in [-0.1, -0.05) is 12.1 Å². The van der Waals surface area contributed by atoms with Crippen LogP contribution in [0.25, 0.3) is 0 Å². The molecule has 0 bridgehead atoms. The molecule has 5 heteroatoms. The molecule has 1 N–H and O–H groups in total. The monoisotopic (exact) mass is 315 g/mol. The van der Waals surface area contributed by atoms with Gasteiger partial charge in [0.1, 0.15) is 5.75 Å². The number of anilines is 1. The molecule has 124 valence electrons. The molecular formula is C18H25N3O2. The lowest BCUT2D eigenvalue weighted by molar-refractivity contribution is -0.116. The molecule has 5 nitrogen and oxygen atoms in total. The van der Waals surface area contributed by atoms with Crippen LogP contribution in [-0.2, 0) is 18.3 Å². The molecule has 0 aliphatic rings. The molecule has 0 atom stereocenters. The van der Waals surface area contributed by atoms with Gasteiger partial charge in [0, 0.05) is 13.5 Å². The molecule has 1 amide bonds. The van der Waals surface area contributed by atoms with E-state index < -0.39 is 0 Å².